The van der Waals surface area contributed by atoms with Gasteiger partial charge in [-0.15, -0.1) is 0 Å². The van der Waals surface area contributed by atoms with Crippen LogP contribution in [0.1, 0.15) is 18.2 Å². The van der Waals surface area contributed by atoms with Crippen molar-refractivity contribution in [2.75, 3.05) is 7.11 Å². The van der Waals surface area contributed by atoms with E-state index in [0.717, 1.165) is 32.1 Å². The zero-order valence-corrected chi connectivity index (χ0v) is 13.5. The van der Waals surface area contributed by atoms with Gasteiger partial charge in [-0.25, -0.2) is 0 Å². The van der Waals surface area contributed by atoms with Gasteiger partial charge in [0, 0.05) is 15.7 Å². The maximum atomic E-state index is 12.5. The normalized spacial score (nSPS) is 10.9. The van der Waals surface area contributed by atoms with Crippen LogP contribution in [0.15, 0.2) is 19.8 Å². The van der Waals surface area contributed by atoms with Gasteiger partial charge in [0.2, 0.25) is 0 Å². The summed E-state index contributed by atoms with van der Waals surface area (Å²) in [5.74, 6) is 0.570. The first-order valence-electron chi connectivity index (χ1n) is 5.58. The predicted octanol–water partition coefficient (Wildman–Crippen LogP) is 3.93. The molecule has 0 atom stereocenters. The van der Waals surface area contributed by atoms with Crippen LogP contribution in [-0.4, -0.2) is 12.1 Å². The van der Waals surface area contributed by atoms with E-state index in [-0.39, 0.29) is 5.43 Å². The molecule has 0 aliphatic carbocycles. The zero-order chi connectivity index (χ0) is 13.4. The van der Waals surface area contributed by atoms with Gasteiger partial charge in [0.25, 0.3) is 0 Å². The molecule has 0 unspecified atom stereocenters. The van der Waals surface area contributed by atoms with Crippen LogP contribution in [0.2, 0.25) is 0 Å². The van der Waals surface area contributed by atoms with Gasteiger partial charge >= 0.3 is 0 Å². The number of fused-ring (bicyclic) bond motifs is 1. The molecule has 0 fully saturated rings. The van der Waals surface area contributed by atoms with E-state index < -0.39 is 0 Å². The summed E-state index contributed by atoms with van der Waals surface area (Å²) >= 11 is 6.89. The fourth-order valence-corrected chi connectivity index (χ4v) is 3.49. The lowest BCUT2D eigenvalue weighted by molar-refractivity contribution is 0.417. The van der Waals surface area contributed by atoms with E-state index in [1.54, 1.807) is 7.11 Å². The Hall–Kier alpha value is -0.810. The lowest BCUT2D eigenvalue weighted by Crippen LogP contribution is -2.12. The van der Waals surface area contributed by atoms with E-state index in [2.05, 4.69) is 36.8 Å². The van der Waals surface area contributed by atoms with Crippen LogP contribution >= 0.6 is 31.9 Å². The summed E-state index contributed by atoms with van der Waals surface area (Å²) < 4.78 is 6.94. The van der Waals surface area contributed by atoms with Gasteiger partial charge in [0.05, 0.1) is 22.5 Å². The van der Waals surface area contributed by atoms with Gasteiger partial charge in [0.1, 0.15) is 5.75 Å². The smallest absolute Gasteiger partial charge is 0.196 e. The number of halogens is 2. The molecule has 0 saturated carbocycles. The lowest BCUT2D eigenvalue weighted by atomic mass is 10.1. The first-order valence-corrected chi connectivity index (χ1v) is 7.17. The number of aromatic amines is 1. The number of hydrogen-bond acceptors (Lipinski definition) is 2. The van der Waals surface area contributed by atoms with Gasteiger partial charge in [-0.05, 0) is 51.3 Å². The van der Waals surface area contributed by atoms with Crippen molar-refractivity contribution in [1.82, 2.24) is 4.98 Å². The van der Waals surface area contributed by atoms with Crippen LogP contribution in [0, 0.1) is 6.92 Å². The monoisotopic (exact) mass is 373 g/mol. The van der Waals surface area contributed by atoms with Gasteiger partial charge in [-0.3, -0.25) is 4.79 Å². The van der Waals surface area contributed by atoms with Crippen molar-refractivity contribution in [2.45, 2.75) is 20.3 Å². The molecular formula is C13H13Br2NO2. The molecule has 0 spiro atoms. The first kappa shape index (κ1) is 13.6. The largest absolute Gasteiger partial charge is 0.495 e. The van der Waals surface area contributed by atoms with Crippen LogP contribution in [-0.2, 0) is 6.42 Å². The molecule has 0 saturated heterocycles. The lowest BCUT2D eigenvalue weighted by Gasteiger charge is -2.12. The van der Waals surface area contributed by atoms with Crippen molar-refractivity contribution < 1.29 is 4.74 Å². The van der Waals surface area contributed by atoms with Crippen molar-refractivity contribution in [3.63, 3.8) is 0 Å². The number of aryl methyl sites for hydroxylation is 1. The van der Waals surface area contributed by atoms with Gasteiger partial charge in [-0.2, -0.15) is 0 Å². The molecule has 1 heterocycles. The number of pyridine rings is 1. The Morgan fingerprint density at radius 3 is 2.56 bits per heavy atom. The number of methoxy groups -OCH3 is 1. The minimum Gasteiger partial charge on any atom is -0.495 e. The Balaban J connectivity index is 3.06. The highest BCUT2D eigenvalue weighted by Gasteiger charge is 2.16. The summed E-state index contributed by atoms with van der Waals surface area (Å²) in [5, 5.41) is 0.577. The van der Waals surface area contributed by atoms with Crippen molar-refractivity contribution in [3.8, 4) is 5.75 Å². The van der Waals surface area contributed by atoms with Crippen molar-refractivity contribution in [2.24, 2.45) is 0 Å². The molecule has 18 heavy (non-hydrogen) atoms. The van der Waals surface area contributed by atoms with Gasteiger partial charge in [-0.1, -0.05) is 6.92 Å². The molecule has 96 valence electrons. The van der Waals surface area contributed by atoms with Crippen LogP contribution in [0.25, 0.3) is 10.9 Å². The second kappa shape index (κ2) is 5.05. The van der Waals surface area contributed by atoms with Crippen molar-refractivity contribution in [3.05, 3.63) is 36.5 Å². The second-order valence-electron chi connectivity index (χ2n) is 4.03. The highest BCUT2D eigenvalue weighted by molar-refractivity contribution is 9.11. The fourth-order valence-electron chi connectivity index (χ4n) is 2.06. The summed E-state index contributed by atoms with van der Waals surface area (Å²) in [5.41, 5.74) is 2.49. The molecule has 5 heteroatoms. The molecule has 2 aromatic rings. The second-order valence-corrected chi connectivity index (χ2v) is 5.74. The first-order chi connectivity index (χ1) is 8.51. The summed E-state index contributed by atoms with van der Waals surface area (Å²) in [6.07, 6.45) is 0.793. The molecule has 3 nitrogen and oxygen atoms in total. The Morgan fingerprint density at radius 1 is 1.33 bits per heavy atom. The molecule has 0 radical (unpaired) electrons. The van der Waals surface area contributed by atoms with E-state index in [9.17, 15) is 4.79 Å². The zero-order valence-electron chi connectivity index (χ0n) is 10.4. The third kappa shape index (κ3) is 1.99. The Bertz CT molecular complexity index is 677. The summed E-state index contributed by atoms with van der Waals surface area (Å²) in [6.45, 7) is 3.86. The summed E-state index contributed by atoms with van der Waals surface area (Å²) in [6, 6.07) is 1.88. The Morgan fingerprint density at radius 2 is 2.00 bits per heavy atom. The molecule has 1 N–H and O–H groups in total. The van der Waals surface area contributed by atoms with Crippen LogP contribution in [0.4, 0.5) is 0 Å². The summed E-state index contributed by atoms with van der Waals surface area (Å²) in [7, 11) is 1.57. The topological polar surface area (TPSA) is 42.1 Å². The molecule has 0 bridgehead atoms. The maximum absolute atomic E-state index is 12.5. The number of nitrogens with one attached hydrogen (secondary N) is 1. The van der Waals surface area contributed by atoms with E-state index in [1.807, 2.05) is 19.9 Å². The fraction of sp³-hybridized carbons (Fsp3) is 0.308. The van der Waals surface area contributed by atoms with E-state index in [4.69, 9.17) is 4.74 Å². The van der Waals surface area contributed by atoms with E-state index >= 15 is 0 Å². The maximum Gasteiger partial charge on any atom is 0.196 e. The quantitative estimate of drug-likeness (QED) is 0.865. The minimum atomic E-state index is 0.0134. The molecule has 0 amide bonds. The number of benzene rings is 1. The molecule has 2 rings (SSSR count). The van der Waals surface area contributed by atoms with Gasteiger partial charge in [0.15, 0.2) is 5.43 Å². The average molecular weight is 375 g/mol. The Kier molecular flexibility index (Phi) is 3.82. The number of aromatic nitrogens is 1. The van der Waals surface area contributed by atoms with Crippen LogP contribution < -0.4 is 10.2 Å². The van der Waals surface area contributed by atoms with E-state index in [0.29, 0.717) is 11.1 Å². The number of H-pyrrole nitrogens is 1. The van der Waals surface area contributed by atoms with Gasteiger partial charge < -0.3 is 9.72 Å². The summed E-state index contributed by atoms with van der Waals surface area (Å²) in [4.78, 5) is 15.8. The molecular weight excluding hydrogens is 362 g/mol. The average Bonchev–Trinajstić information content (AvgIpc) is 2.34. The van der Waals surface area contributed by atoms with Crippen molar-refractivity contribution >= 4 is 42.8 Å². The predicted molar refractivity (Wildman–Crippen MR) is 80.6 cm³/mol. The highest BCUT2D eigenvalue weighted by Crippen LogP contribution is 2.36. The van der Waals surface area contributed by atoms with E-state index in [1.165, 1.54) is 0 Å². The SMILES string of the molecule is CCc1[nH]c2c(Br)cc(Br)c(OC)c2c(=O)c1C. The standard InChI is InChI=1S/C13H13Br2NO2/c1-4-9-6(2)12(17)10-11(16-9)7(14)5-8(15)13(10)18-3/h5H,4H2,1-3H3,(H,16,17). The highest BCUT2D eigenvalue weighted by atomic mass is 79.9. The number of hydrogen-bond donors (Lipinski definition) is 1. The molecule has 0 aliphatic heterocycles. The van der Waals surface area contributed by atoms with Crippen LogP contribution in [0.3, 0.4) is 0 Å². The molecule has 1 aromatic carbocycles. The molecule has 1 aromatic heterocycles. The number of ether oxygens (including phenoxy) is 1. The minimum absolute atomic E-state index is 0.0134. The van der Waals surface area contributed by atoms with Crippen molar-refractivity contribution in [1.29, 1.82) is 0 Å². The van der Waals surface area contributed by atoms with Crippen LogP contribution in [0.5, 0.6) is 5.75 Å². The number of rotatable bonds is 2. The third-order valence-corrected chi connectivity index (χ3v) is 4.25. The third-order valence-electron chi connectivity index (χ3n) is 3.04. The Labute approximate surface area is 122 Å². The molecule has 0 aliphatic rings.